The van der Waals surface area contributed by atoms with E-state index < -0.39 is 32.4 Å². The molecule has 2 aromatic carbocycles. The summed E-state index contributed by atoms with van der Waals surface area (Å²) in [5, 5.41) is 0. The topological polar surface area (TPSA) is 51.0 Å². The predicted molar refractivity (Wildman–Crippen MR) is 92.6 cm³/mol. The van der Waals surface area contributed by atoms with Crippen LogP contribution in [-0.4, -0.2) is 52.1 Å². The Bertz CT molecular complexity index is 900. The molecular weight excluding hydrogens is 381 g/mol. The van der Waals surface area contributed by atoms with Crippen LogP contribution in [0.5, 0.6) is 5.75 Å². The van der Waals surface area contributed by atoms with Crippen molar-refractivity contribution < 1.29 is 31.2 Å². The summed E-state index contributed by atoms with van der Waals surface area (Å²) in [4.78, 5) is 0.450. The second kappa shape index (κ2) is 8.28. The zero-order chi connectivity index (χ0) is 19.4. The van der Waals surface area contributed by atoms with Gasteiger partial charge in [-0.25, -0.2) is 21.6 Å². The van der Waals surface area contributed by atoms with Crippen LogP contribution in [0.1, 0.15) is 0 Å². The Morgan fingerprint density at radius 3 is 2.41 bits per heavy atom. The zero-order valence-corrected chi connectivity index (χ0v) is 15.3. The summed E-state index contributed by atoms with van der Waals surface area (Å²) in [6.45, 7) is 2.24. The number of rotatable bonds is 6. The van der Waals surface area contributed by atoms with E-state index in [2.05, 4.69) is 0 Å². The van der Waals surface area contributed by atoms with Crippen molar-refractivity contribution in [1.29, 1.82) is 0 Å². The Morgan fingerprint density at radius 1 is 1.00 bits per heavy atom. The summed E-state index contributed by atoms with van der Waals surface area (Å²) in [5.74, 6) is -2.02. The first-order valence-electron chi connectivity index (χ1n) is 8.54. The third-order valence-electron chi connectivity index (χ3n) is 4.49. The molecule has 0 bridgehead atoms. The van der Waals surface area contributed by atoms with Crippen LogP contribution in [0.25, 0.3) is 0 Å². The fourth-order valence-corrected chi connectivity index (χ4v) is 4.49. The van der Waals surface area contributed by atoms with Gasteiger partial charge in [0.25, 0.3) is 0 Å². The first-order chi connectivity index (χ1) is 12.9. The molecule has 0 atom stereocenters. The van der Waals surface area contributed by atoms with Crippen LogP contribution in [0.3, 0.4) is 0 Å². The number of sulfonamides is 1. The molecule has 27 heavy (non-hydrogen) atoms. The van der Waals surface area contributed by atoms with Gasteiger partial charge < -0.3 is 9.64 Å². The Balaban J connectivity index is 1.54. The van der Waals surface area contributed by atoms with E-state index in [4.69, 9.17) is 4.74 Å². The highest BCUT2D eigenvalue weighted by molar-refractivity contribution is 7.89. The summed E-state index contributed by atoms with van der Waals surface area (Å²) in [6, 6.07) is 8.51. The highest BCUT2D eigenvalue weighted by Gasteiger charge is 2.32. The molecule has 1 N–H and O–H groups in total. The fourth-order valence-electron chi connectivity index (χ4n) is 2.97. The molecule has 0 unspecified atom stereocenters. The Labute approximate surface area is 156 Å². The molecule has 1 heterocycles. The summed E-state index contributed by atoms with van der Waals surface area (Å²) >= 11 is 0. The first kappa shape index (κ1) is 19.7. The van der Waals surface area contributed by atoms with Gasteiger partial charge in [0.05, 0.1) is 26.2 Å². The van der Waals surface area contributed by atoms with E-state index >= 15 is 0 Å². The number of quaternary nitrogens is 1. The number of hydrogen-bond donors (Lipinski definition) is 1. The van der Waals surface area contributed by atoms with Crippen molar-refractivity contribution in [2.24, 2.45) is 0 Å². The molecule has 1 aliphatic heterocycles. The fraction of sp³-hybridized carbons (Fsp3) is 0.333. The normalized spacial score (nSPS) is 16.4. The Morgan fingerprint density at radius 2 is 1.70 bits per heavy atom. The number of piperazine rings is 1. The molecule has 0 spiro atoms. The van der Waals surface area contributed by atoms with Crippen molar-refractivity contribution in [3.8, 4) is 5.75 Å². The van der Waals surface area contributed by atoms with Crippen molar-refractivity contribution in [3.05, 3.63) is 59.9 Å². The average molecular weight is 401 g/mol. The van der Waals surface area contributed by atoms with Crippen LogP contribution in [0.15, 0.2) is 47.4 Å². The quantitative estimate of drug-likeness (QED) is 0.788. The third-order valence-corrected chi connectivity index (χ3v) is 6.40. The molecule has 0 aromatic heterocycles. The maximum absolute atomic E-state index is 13.8. The van der Waals surface area contributed by atoms with Crippen molar-refractivity contribution in [2.45, 2.75) is 4.90 Å². The van der Waals surface area contributed by atoms with Gasteiger partial charge in [0, 0.05) is 0 Å². The lowest BCUT2D eigenvalue weighted by Crippen LogP contribution is -3.15. The standard InChI is InChI=1S/C18H19F3N2O3S/c19-14-5-6-16(21)18(13-14)27(24,25)23-9-7-22(8-10-23)11-12-26-17-4-2-1-3-15(17)20/h1-6,13H,7-12H2/p+1. The lowest BCUT2D eigenvalue weighted by atomic mass is 10.3. The van der Waals surface area contributed by atoms with Crippen LogP contribution in [0, 0.1) is 17.5 Å². The largest absolute Gasteiger partial charge is 0.485 e. The second-order valence-electron chi connectivity index (χ2n) is 6.26. The second-order valence-corrected chi connectivity index (χ2v) is 8.16. The van der Waals surface area contributed by atoms with Crippen LogP contribution >= 0.6 is 0 Å². The number of benzene rings is 2. The van der Waals surface area contributed by atoms with Gasteiger partial charge in [0.2, 0.25) is 10.0 Å². The molecule has 146 valence electrons. The van der Waals surface area contributed by atoms with E-state index in [1.807, 2.05) is 0 Å². The van der Waals surface area contributed by atoms with Crippen LogP contribution in [-0.2, 0) is 10.0 Å². The average Bonchev–Trinajstić information content (AvgIpc) is 2.65. The summed E-state index contributed by atoms with van der Waals surface area (Å²) < 4.78 is 72.3. The summed E-state index contributed by atoms with van der Waals surface area (Å²) in [5.41, 5.74) is 0. The number of hydrogen-bond acceptors (Lipinski definition) is 3. The molecule has 3 rings (SSSR count). The number of para-hydroxylation sites is 1. The van der Waals surface area contributed by atoms with Crippen LogP contribution < -0.4 is 9.64 Å². The number of nitrogens with zero attached hydrogens (tertiary/aromatic N) is 1. The van der Waals surface area contributed by atoms with Gasteiger partial charge in [-0.1, -0.05) is 12.1 Å². The monoisotopic (exact) mass is 401 g/mol. The van der Waals surface area contributed by atoms with E-state index in [1.165, 1.54) is 6.07 Å². The zero-order valence-electron chi connectivity index (χ0n) is 14.5. The maximum Gasteiger partial charge on any atom is 0.246 e. The van der Waals surface area contributed by atoms with Crippen molar-refractivity contribution in [2.75, 3.05) is 39.3 Å². The van der Waals surface area contributed by atoms with Gasteiger partial charge in [0.15, 0.2) is 11.6 Å². The van der Waals surface area contributed by atoms with E-state index in [9.17, 15) is 21.6 Å². The summed E-state index contributed by atoms with van der Waals surface area (Å²) in [6.07, 6.45) is 0. The Kier molecular flexibility index (Phi) is 6.03. The maximum atomic E-state index is 13.8. The molecule has 5 nitrogen and oxygen atoms in total. The smallest absolute Gasteiger partial charge is 0.246 e. The molecular formula is C18H20F3N2O3S+. The highest BCUT2D eigenvalue weighted by Crippen LogP contribution is 2.20. The number of ether oxygens (including phenoxy) is 1. The van der Waals surface area contributed by atoms with Gasteiger partial charge in [-0.2, -0.15) is 4.31 Å². The molecule has 0 saturated carbocycles. The van der Waals surface area contributed by atoms with E-state index in [-0.39, 0.29) is 18.8 Å². The lowest BCUT2D eigenvalue weighted by Gasteiger charge is -2.31. The first-order valence-corrected chi connectivity index (χ1v) is 9.98. The molecule has 1 fully saturated rings. The minimum Gasteiger partial charge on any atom is -0.485 e. The van der Waals surface area contributed by atoms with Crippen LogP contribution in [0.2, 0.25) is 0 Å². The third kappa shape index (κ3) is 4.60. The van der Waals surface area contributed by atoms with Crippen molar-refractivity contribution in [1.82, 2.24) is 4.31 Å². The van der Waals surface area contributed by atoms with Crippen molar-refractivity contribution >= 4 is 10.0 Å². The van der Waals surface area contributed by atoms with Gasteiger partial charge in [-0.05, 0) is 30.3 Å². The Hall–Kier alpha value is -2.10. The number of nitrogens with one attached hydrogen (secondary N) is 1. The van der Waals surface area contributed by atoms with E-state index in [0.29, 0.717) is 32.3 Å². The summed E-state index contributed by atoms with van der Waals surface area (Å²) in [7, 11) is -4.08. The van der Waals surface area contributed by atoms with Gasteiger partial charge in [0.1, 0.15) is 29.7 Å². The van der Waals surface area contributed by atoms with Gasteiger partial charge in [-0.15, -0.1) is 0 Å². The van der Waals surface area contributed by atoms with E-state index in [0.717, 1.165) is 21.3 Å². The van der Waals surface area contributed by atoms with Crippen LogP contribution in [0.4, 0.5) is 13.2 Å². The molecule has 2 aromatic rings. The molecule has 0 amide bonds. The molecule has 1 aliphatic rings. The molecule has 0 aliphatic carbocycles. The minimum absolute atomic E-state index is 0.180. The number of halogens is 3. The minimum atomic E-state index is -4.08. The van der Waals surface area contributed by atoms with Gasteiger partial charge in [-0.3, -0.25) is 0 Å². The van der Waals surface area contributed by atoms with Crippen molar-refractivity contribution in [3.63, 3.8) is 0 Å². The predicted octanol–water partition coefficient (Wildman–Crippen LogP) is 1.07. The highest BCUT2D eigenvalue weighted by atomic mass is 32.2. The lowest BCUT2D eigenvalue weighted by molar-refractivity contribution is -0.903. The van der Waals surface area contributed by atoms with Gasteiger partial charge >= 0.3 is 0 Å². The SMILES string of the molecule is O=S(=O)(c1cc(F)ccc1F)N1CC[NH+](CCOc2ccccc2F)CC1. The molecule has 9 heteroatoms. The molecule has 0 radical (unpaired) electrons. The van der Waals surface area contributed by atoms with E-state index in [1.54, 1.807) is 18.2 Å². The molecule has 1 saturated heterocycles.